The Labute approximate surface area is 147 Å². The van der Waals surface area contributed by atoms with Gasteiger partial charge in [-0.2, -0.15) is 0 Å². The van der Waals surface area contributed by atoms with Gasteiger partial charge in [0, 0.05) is 22.2 Å². The van der Waals surface area contributed by atoms with Crippen molar-refractivity contribution in [1.29, 1.82) is 0 Å². The molecule has 0 aliphatic carbocycles. The molecule has 0 aromatic heterocycles. The van der Waals surface area contributed by atoms with Crippen LogP contribution in [0, 0.1) is 13.8 Å². The maximum atomic E-state index is 2.69. The van der Waals surface area contributed by atoms with E-state index in [1.54, 1.807) is 33.4 Å². The molecule has 4 bridgehead atoms. The lowest BCUT2D eigenvalue weighted by Gasteiger charge is -2.36. The summed E-state index contributed by atoms with van der Waals surface area (Å²) in [6, 6.07) is 0. The Bertz CT molecular complexity index is 683. The second-order valence-corrected chi connectivity index (χ2v) is 9.96. The fraction of sp³-hybridized carbons (Fsp3) is 0.727. The molecule has 0 spiro atoms. The van der Waals surface area contributed by atoms with Gasteiger partial charge in [0.1, 0.15) is 0 Å². The molecule has 4 atom stereocenters. The highest BCUT2D eigenvalue weighted by Crippen LogP contribution is 2.67. The quantitative estimate of drug-likeness (QED) is 0.686. The number of benzene rings is 1. The van der Waals surface area contributed by atoms with E-state index in [9.17, 15) is 0 Å². The third-order valence-electron chi connectivity index (χ3n) is 9.31. The van der Waals surface area contributed by atoms with Crippen molar-refractivity contribution in [3.05, 3.63) is 33.4 Å². The van der Waals surface area contributed by atoms with Crippen molar-refractivity contribution in [2.75, 3.05) is 14.1 Å². The van der Waals surface area contributed by atoms with Crippen LogP contribution in [0.25, 0.3) is 0 Å². The maximum Gasteiger partial charge on any atom is 0.0445 e. The molecule has 0 unspecified atom stereocenters. The molecule has 24 heavy (non-hydrogen) atoms. The molecule has 0 radical (unpaired) electrons. The van der Waals surface area contributed by atoms with Crippen molar-refractivity contribution in [3.8, 4) is 0 Å². The van der Waals surface area contributed by atoms with E-state index in [1.165, 1.54) is 25.7 Å². The van der Waals surface area contributed by atoms with Crippen molar-refractivity contribution in [2.45, 2.75) is 89.4 Å². The second-order valence-electron chi connectivity index (χ2n) is 9.96. The third kappa shape index (κ3) is 1.18. The van der Waals surface area contributed by atoms with Crippen molar-refractivity contribution in [1.82, 2.24) is 9.80 Å². The third-order valence-corrected chi connectivity index (χ3v) is 9.31. The number of hydrogen-bond donors (Lipinski definition) is 0. The number of fused-ring (bicyclic) bond motifs is 10. The lowest BCUT2D eigenvalue weighted by atomic mass is 9.66. The highest BCUT2D eigenvalue weighted by Gasteiger charge is 2.64. The molecule has 0 saturated carbocycles. The Morgan fingerprint density at radius 3 is 0.958 bits per heavy atom. The zero-order valence-corrected chi connectivity index (χ0v) is 16.7. The first-order valence-corrected chi connectivity index (χ1v) is 9.70. The van der Waals surface area contributed by atoms with E-state index >= 15 is 0 Å². The predicted octanol–water partition coefficient (Wildman–Crippen LogP) is 4.64. The van der Waals surface area contributed by atoms with Gasteiger partial charge in [-0.15, -0.1) is 0 Å². The summed E-state index contributed by atoms with van der Waals surface area (Å²) in [6.45, 7) is 14.8. The minimum atomic E-state index is 0.228. The van der Waals surface area contributed by atoms with Crippen LogP contribution in [0.2, 0.25) is 0 Å². The molecule has 2 heteroatoms. The van der Waals surface area contributed by atoms with Gasteiger partial charge in [-0.1, -0.05) is 0 Å². The van der Waals surface area contributed by atoms with Crippen LogP contribution in [0.15, 0.2) is 0 Å². The minimum Gasteiger partial charge on any atom is -0.287 e. The summed E-state index contributed by atoms with van der Waals surface area (Å²) in [6.07, 6.45) is 5.21. The maximum absolute atomic E-state index is 2.69. The van der Waals surface area contributed by atoms with E-state index in [1.807, 2.05) is 0 Å². The Morgan fingerprint density at radius 2 is 0.750 bits per heavy atom. The molecule has 4 aliphatic rings. The average Bonchev–Trinajstić information content (AvgIpc) is 3.04. The summed E-state index contributed by atoms with van der Waals surface area (Å²) in [5, 5.41) is 0. The molecule has 0 N–H and O–H groups in total. The fourth-order valence-corrected chi connectivity index (χ4v) is 7.60. The molecular weight excluding hydrogens is 292 g/mol. The van der Waals surface area contributed by atoms with Crippen molar-refractivity contribution < 1.29 is 0 Å². The van der Waals surface area contributed by atoms with Crippen LogP contribution in [0.1, 0.15) is 86.8 Å². The van der Waals surface area contributed by atoms with Gasteiger partial charge in [-0.3, -0.25) is 9.80 Å². The molecule has 2 fully saturated rings. The summed E-state index contributed by atoms with van der Waals surface area (Å²) < 4.78 is 0. The first kappa shape index (κ1) is 15.4. The monoisotopic (exact) mass is 324 g/mol. The lowest BCUT2D eigenvalue weighted by Crippen LogP contribution is -2.39. The van der Waals surface area contributed by atoms with Gasteiger partial charge in [0.2, 0.25) is 0 Å². The number of nitrogens with zero attached hydrogens (tertiary/aromatic N) is 2. The van der Waals surface area contributed by atoms with E-state index in [4.69, 9.17) is 0 Å². The van der Waals surface area contributed by atoms with Crippen LogP contribution in [-0.2, 0) is 22.2 Å². The standard InChI is InChI=1S/C22H32N2/c1-13-15-17(21(5)11-9-19(15,3)23(21)7)14(2)18-16(13)20(4)10-12-22(18,6)24(20)8/h9-12H2,1-8H3/t19-,20+,21+,22-. The van der Waals surface area contributed by atoms with Crippen molar-refractivity contribution in [2.24, 2.45) is 0 Å². The van der Waals surface area contributed by atoms with Gasteiger partial charge >= 0.3 is 0 Å². The molecular formula is C22H32N2. The van der Waals surface area contributed by atoms with Gasteiger partial charge < -0.3 is 0 Å². The lowest BCUT2D eigenvalue weighted by molar-refractivity contribution is 0.114. The smallest absolute Gasteiger partial charge is 0.0445 e. The average molecular weight is 325 g/mol. The summed E-state index contributed by atoms with van der Waals surface area (Å²) in [5.74, 6) is 0. The first-order chi connectivity index (χ1) is 11.0. The molecule has 2 nitrogen and oxygen atoms in total. The van der Waals surface area contributed by atoms with Crippen LogP contribution in [0.5, 0.6) is 0 Å². The normalized spacial score (nSPS) is 46.0. The molecule has 0 amide bonds. The topological polar surface area (TPSA) is 6.48 Å². The van der Waals surface area contributed by atoms with E-state index in [2.05, 4.69) is 65.4 Å². The molecule has 5 rings (SSSR count). The van der Waals surface area contributed by atoms with E-state index in [-0.39, 0.29) is 22.2 Å². The van der Waals surface area contributed by atoms with Gasteiger partial charge in [-0.05, 0) is 115 Å². The molecule has 1 aromatic carbocycles. The molecule has 4 heterocycles. The molecule has 1 aromatic rings. The van der Waals surface area contributed by atoms with E-state index < -0.39 is 0 Å². The second kappa shape index (κ2) is 3.78. The molecule has 4 aliphatic heterocycles. The van der Waals surface area contributed by atoms with Crippen LogP contribution >= 0.6 is 0 Å². The fourth-order valence-electron chi connectivity index (χ4n) is 7.60. The SMILES string of the molecule is Cc1c2c(c(C)c3c1[C@@]1(C)CC[C@]3(C)N1C)[C@@]1(C)CC[C@]2(C)N1C. The van der Waals surface area contributed by atoms with E-state index in [0.717, 1.165) is 0 Å². The van der Waals surface area contributed by atoms with Gasteiger partial charge in [-0.25, -0.2) is 0 Å². The Kier molecular flexibility index (Phi) is 2.43. The number of rotatable bonds is 0. The highest BCUT2D eigenvalue weighted by molar-refractivity contribution is 5.66. The van der Waals surface area contributed by atoms with Crippen LogP contribution < -0.4 is 0 Å². The molecule has 130 valence electrons. The van der Waals surface area contributed by atoms with Crippen LogP contribution in [0.3, 0.4) is 0 Å². The Balaban J connectivity index is 1.95. The van der Waals surface area contributed by atoms with Crippen molar-refractivity contribution >= 4 is 0 Å². The van der Waals surface area contributed by atoms with Gasteiger partial charge in [0.05, 0.1) is 0 Å². The summed E-state index contributed by atoms with van der Waals surface area (Å²) >= 11 is 0. The Morgan fingerprint density at radius 1 is 0.542 bits per heavy atom. The number of hydrogen-bond acceptors (Lipinski definition) is 2. The first-order valence-electron chi connectivity index (χ1n) is 9.70. The summed E-state index contributed by atoms with van der Waals surface area (Å²) in [7, 11) is 4.72. The summed E-state index contributed by atoms with van der Waals surface area (Å²) in [5.41, 5.74) is 10.9. The van der Waals surface area contributed by atoms with Gasteiger partial charge in [0.15, 0.2) is 0 Å². The largest absolute Gasteiger partial charge is 0.287 e. The minimum absolute atomic E-state index is 0.228. The zero-order valence-electron chi connectivity index (χ0n) is 16.7. The van der Waals surface area contributed by atoms with Gasteiger partial charge in [0.25, 0.3) is 0 Å². The highest BCUT2D eigenvalue weighted by atomic mass is 15.3. The van der Waals surface area contributed by atoms with Crippen LogP contribution in [0.4, 0.5) is 0 Å². The Hall–Kier alpha value is -0.860. The van der Waals surface area contributed by atoms with E-state index in [0.29, 0.717) is 0 Å². The predicted molar refractivity (Wildman–Crippen MR) is 99.3 cm³/mol. The zero-order chi connectivity index (χ0) is 17.4. The van der Waals surface area contributed by atoms with Crippen LogP contribution in [-0.4, -0.2) is 23.9 Å². The summed E-state index contributed by atoms with van der Waals surface area (Å²) in [4.78, 5) is 5.38. The van der Waals surface area contributed by atoms with Crippen molar-refractivity contribution in [3.63, 3.8) is 0 Å². The molecule has 2 saturated heterocycles.